The Kier molecular flexibility index (Phi) is 9.21. The van der Waals surface area contributed by atoms with Crippen LogP contribution in [0.25, 0.3) is 0 Å². The minimum Gasteiger partial charge on any atom is -0.356 e. The lowest BCUT2D eigenvalue weighted by atomic mass is 9.90. The summed E-state index contributed by atoms with van der Waals surface area (Å²) in [6.07, 6.45) is 3.12. The van der Waals surface area contributed by atoms with Crippen LogP contribution >= 0.6 is 0 Å². The average Bonchev–Trinajstić information content (AvgIpc) is 2.35. The first kappa shape index (κ1) is 18.9. The van der Waals surface area contributed by atoms with E-state index in [4.69, 9.17) is 5.73 Å². The Morgan fingerprint density at radius 3 is 2.30 bits per heavy atom. The molecule has 118 valence electrons. The largest absolute Gasteiger partial charge is 0.356 e. The summed E-state index contributed by atoms with van der Waals surface area (Å²) in [6, 6.07) is 0. The van der Waals surface area contributed by atoms with Gasteiger partial charge in [-0.25, -0.2) is 0 Å². The van der Waals surface area contributed by atoms with E-state index in [0.717, 1.165) is 12.8 Å². The first-order valence-electron chi connectivity index (χ1n) is 7.60. The van der Waals surface area contributed by atoms with E-state index in [1.165, 1.54) is 0 Å². The maximum absolute atomic E-state index is 11.9. The number of amides is 2. The van der Waals surface area contributed by atoms with Crippen LogP contribution in [0.5, 0.6) is 0 Å². The number of rotatable bonds is 10. The molecule has 2 amide bonds. The highest BCUT2D eigenvalue weighted by Gasteiger charge is 2.25. The molecule has 0 saturated carbocycles. The summed E-state index contributed by atoms with van der Waals surface area (Å²) in [6.45, 7) is 9.32. The molecule has 0 heterocycles. The third kappa shape index (κ3) is 8.91. The third-order valence-corrected chi connectivity index (χ3v) is 3.13. The van der Waals surface area contributed by atoms with Crippen molar-refractivity contribution in [2.45, 2.75) is 65.3 Å². The molecule has 20 heavy (non-hydrogen) atoms. The number of carbonyl (C=O) groups is 2. The predicted octanol–water partition coefficient (Wildman–Crippen LogP) is 1.56. The Morgan fingerprint density at radius 2 is 1.80 bits per heavy atom. The lowest BCUT2D eigenvalue weighted by Gasteiger charge is -2.31. The van der Waals surface area contributed by atoms with Gasteiger partial charge in [0.25, 0.3) is 0 Å². The predicted molar refractivity (Wildman–Crippen MR) is 82.2 cm³/mol. The zero-order chi connectivity index (χ0) is 15.6. The molecule has 0 saturated heterocycles. The zero-order valence-electron chi connectivity index (χ0n) is 13.4. The summed E-state index contributed by atoms with van der Waals surface area (Å²) < 4.78 is 0. The van der Waals surface area contributed by atoms with Crippen LogP contribution in [-0.2, 0) is 9.59 Å². The Hall–Kier alpha value is -1.10. The van der Waals surface area contributed by atoms with Gasteiger partial charge in [-0.3, -0.25) is 9.59 Å². The molecule has 0 aliphatic rings. The maximum atomic E-state index is 11.9. The van der Waals surface area contributed by atoms with Gasteiger partial charge in [0.1, 0.15) is 0 Å². The summed E-state index contributed by atoms with van der Waals surface area (Å²) >= 11 is 0. The fourth-order valence-electron chi connectivity index (χ4n) is 2.25. The molecule has 0 aromatic heterocycles. The van der Waals surface area contributed by atoms with Crippen molar-refractivity contribution in [1.29, 1.82) is 0 Å². The summed E-state index contributed by atoms with van der Waals surface area (Å²) in [5.74, 6) is 0.467. The number of nitrogens with one attached hydrogen (secondary N) is 2. The molecule has 0 aliphatic heterocycles. The molecule has 0 spiro atoms. The first-order chi connectivity index (χ1) is 9.33. The highest BCUT2D eigenvalue weighted by molar-refractivity contribution is 5.79. The molecule has 0 fully saturated rings. The topological polar surface area (TPSA) is 84.2 Å². The van der Waals surface area contributed by atoms with E-state index >= 15 is 0 Å². The smallest absolute Gasteiger partial charge is 0.220 e. The average molecular weight is 285 g/mol. The molecular formula is C15H31N3O2. The van der Waals surface area contributed by atoms with Gasteiger partial charge in [-0.2, -0.15) is 0 Å². The zero-order valence-corrected chi connectivity index (χ0v) is 13.4. The highest BCUT2D eigenvalue weighted by Crippen LogP contribution is 2.15. The standard InChI is InChI=1S/C15H31N3O2/c1-5-9-17-13(19)7-6-8-14(20)18-15(4,11-16)10-12(2)3/h12H,5-11,16H2,1-4H3,(H,17,19)(H,18,20). The number of hydrogen-bond acceptors (Lipinski definition) is 3. The van der Waals surface area contributed by atoms with Crippen LogP contribution in [0.4, 0.5) is 0 Å². The van der Waals surface area contributed by atoms with Crippen LogP contribution in [-0.4, -0.2) is 30.4 Å². The summed E-state index contributed by atoms with van der Waals surface area (Å²) in [5.41, 5.74) is 5.41. The van der Waals surface area contributed by atoms with E-state index in [2.05, 4.69) is 24.5 Å². The molecule has 0 aromatic rings. The van der Waals surface area contributed by atoms with Crippen molar-refractivity contribution < 1.29 is 9.59 Å². The fourth-order valence-corrected chi connectivity index (χ4v) is 2.25. The van der Waals surface area contributed by atoms with E-state index < -0.39 is 0 Å². The Balaban J connectivity index is 4.00. The summed E-state index contributed by atoms with van der Waals surface area (Å²) in [5, 5.41) is 5.80. The third-order valence-electron chi connectivity index (χ3n) is 3.13. The van der Waals surface area contributed by atoms with Crippen LogP contribution < -0.4 is 16.4 Å². The van der Waals surface area contributed by atoms with E-state index in [1.54, 1.807) is 0 Å². The van der Waals surface area contributed by atoms with Crippen molar-refractivity contribution in [2.75, 3.05) is 13.1 Å². The van der Waals surface area contributed by atoms with E-state index in [1.807, 2.05) is 13.8 Å². The molecule has 0 aliphatic carbocycles. The van der Waals surface area contributed by atoms with Crippen molar-refractivity contribution >= 4 is 11.8 Å². The van der Waals surface area contributed by atoms with E-state index in [-0.39, 0.29) is 17.4 Å². The molecule has 1 unspecified atom stereocenters. The van der Waals surface area contributed by atoms with Gasteiger partial charge in [0.2, 0.25) is 11.8 Å². The summed E-state index contributed by atoms with van der Waals surface area (Å²) in [4.78, 5) is 23.3. The minimum atomic E-state index is -0.351. The van der Waals surface area contributed by atoms with Gasteiger partial charge in [0.05, 0.1) is 0 Å². The van der Waals surface area contributed by atoms with Gasteiger partial charge in [0, 0.05) is 31.5 Å². The van der Waals surface area contributed by atoms with Crippen LogP contribution in [0.1, 0.15) is 59.8 Å². The normalized spacial score (nSPS) is 13.9. The second kappa shape index (κ2) is 9.75. The van der Waals surface area contributed by atoms with E-state index in [0.29, 0.717) is 38.3 Å². The van der Waals surface area contributed by atoms with Crippen LogP contribution in [0.2, 0.25) is 0 Å². The summed E-state index contributed by atoms with van der Waals surface area (Å²) in [7, 11) is 0. The molecule has 4 N–H and O–H groups in total. The molecular weight excluding hydrogens is 254 g/mol. The quantitative estimate of drug-likeness (QED) is 0.569. The van der Waals surface area contributed by atoms with Gasteiger partial charge in [-0.1, -0.05) is 20.8 Å². The molecule has 5 heteroatoms. The Bertz CT molecular complexity index is 305. The number of carbonyl (C=O) groups excluding carboxylic acids is 2. The second-order valence-electron chi connectivity index (χ2n) is 6.11. The van der Waals surface area contributed by atoms with Crippen molar-refractivity contribution in [3.8, 4) is 0 Å². The van der Waals surface area contributed by atoms with Gasteiger partial charge in [0.15, 0.2) is 0 Å². The number of nitrogens with two attached hydrogens (primary N) is 1. The highest BCUT2D eigenvalue weighted by atomic mass is 16.2. The molecule has 0 aromatic carbocycles. The molecule has 0 rings (SSSR count). The Morgan fingerprint density at radius 1 is 1.20 bits per heavy atom. The Labute approximate surface area is 123 Å². The fraction of sp³-hybridized carbons (Fsp3) is 0.867. The second-order valence-corrected chi connectivity index (χ2v) is 6.11. The van der Waals surface area contributed by atoms with Crippen molar-refractivity contribution in [2.24, 2.45) is 11.7 Å². The lowest BCUT2D eigenvalue weighted by Crippen LogP contribution is -2.52. The van der Waals surface area contributed by atoms with Gasteiger partial charge in [-0.05, 0) is 32.1 Å². The van der Waals surface area contributed by atoms with Crippen LogP contribution in [0, 0.1) is 5.92 Å². The molecule has 0 radical (unpaired) electrons. The van der Waals surface area contributed by atoms with Crippen molar-refractivity contribution in [3.05, 3.63) is 0 Å². The van der Waals surface area contributed by atoms with Crippen LogP contribution in [0.3, 0.4) is 0 Å². The van der Waals surface area contributed by atoms with Crippen molar-refractivity contribution in [3.63, 3.8) is 0 Å². The first-order valence-corrected chi connectivity index (χ1v) is 7.60. The molecule has 5 nitrogen and oxygen atoms in total. The minimum absolute atomic E-state index is 0.0171. The van der Waals surface area contributed by atoms with Gasteiger partial charge < -0.3 is 16.4 Å². The number of hydrogen-bond donors (Lipinski definition) is 3. The van der Waals surface area contributed by atoms with Crippen molar-refractivity contribution in [1.82, 2.24) is 10.6 Å². The van der Waals surface area contributed by atoms with Gasteiger partial charge >= 0.3 is 0 Å². The molecule has 1 atom stereocenters. The van der Waals surface area contributed by atoms with Crippen LogP contribution in [0.15, 0.2) is 0 Å². The maximum Gasteiger partial charge on any atom is 0.220 e. The lowest BCUT2D eigenvalue weighted by molar-refractivity contribution is -0.123. The monoisotopic (exact) mass is 285 g/mol. The molecule has 0 bridgehead atoms. The van der Waals surface area contributed by atoms with E-state index in [9.17, 15) is 9.59 Å². The SMILES string of the molecule is CCCNC(=O)CCCC(=O)NC(C)(CN)CC(C)C. The van der Waals surface area contributed by atoms with Gasteiger partial charge in [-0.15, -0.1) is 0 Å².